The van der Waals surface area contributed by atoms with Crippen molar-refractivity contribution in [3.8, 4) is 0 Å². The SMILES string of the molecule is O=C(C1=CCCCC1)c1cccc(F)c1Br. The highest BCUT2D eigenvalue weighted by Gasteiger charge is 2.18. The minimum atomic E-state index is -0.387. The molecule has 2 rings (SSSR count). The molecular weight excluding hydrogens is 271 g/mol. The quantitative estimate of drug-likeness (QED) is 0.741. The van der Waals surface area contributed by atoms with Crippen molar-refractivity contribution in [3.63, 3.8) is 0 Å². The molecule has 0 spiro atoms. The largest absolute Gasteiger partial charge is 0.289 e. The Bertz CT molecular complexity index is 451. The first-order valence-electron chi connectivity index (χ1n) is 5.38. The van der Waals surface area contributed by atoms with Gasteiger partial charge in [0.05, 0.1) is 4.47 Å². The summed E-state index contributed by atoms with van der Waals surface area (Å²) in [6.07, 6.45) is 5.92. The van der Waals surface area contributed by atoms with Crippen LogP contribution in [0.3, 0.4) is 0 Å². The highest BCUT2D eigenvalue weighted by molar-refractivity contribution is 9.10. The van der Waals surface area contributed by atoms with Crippen LogP contribution in [0.4, 0.5) is 4.39 Å². The zero-order valence-corrected chi connectivity index (χ0v) is 10.4. The first-order chi connectivity index (χ1) is 7.70. The molecule has 0 saturated carbocycles. The minimum Gasteiger partial charge on any atom is -0.289 e. The van der Waals surface area contributed by atoms with Crippen LogP contribution in [0.15, 0.2) is 34.3 Å². The molecule has 0 fully saturated rings. The van der Waals surface area contributed by atoms with Gasteiger partial charge >= 0.3 is 0 Å². The van der Waals surface area contributed by atoms with Crippen LogP contribution < -0.4 is 0 Å². The molecule has 16 heavy (non-hydrogen) atoms. The number of carbonyl (C=O) groups is 1. The molecule has 84 valence electrons. The first kappa shape index (κ1) is 11.5. The van der Waals surface area contributed by atoms with E-state index in [0.717, 1.165) is 31.3 Å². The normalized spacial score (nSPS) is 15.8. The van der Waals surface area contributed by atoms with Gasteiger partial charge in [-0.3, -0.25) is 4.79 Å². The molecule has 0 saturated heterocycles. The molecule has 1 nitrogen and oxygen atoms in total. The molecule has 0 aliphatic heterocycles. The topological polar surface area (TPSA) is 17.1 Å². The van der Waals surface area contributed by atoms with Crippen molar-refractivity contribution in [3.05, 3.63) is 45.7 Å². The van der Waals surface area contributed by atoms with E-state index in [4.69, 9.17) is 0 Å². The predicted molar refractivity (Wildman–Crippen MR) is 65.0 cm³/mol. The van der Waals surface area contributed by atoms with Crippen LogP contribution in [0.25, 0.3) is 0 Å². The number of hydrogen-bond donors (Lipinski definition) is 0. The standard InChI is InChI=1S/C13H12BrFO/c14-12-10(7-4-8-11(12)15)13(16)9-5-2-1-3-6-9/h4-5,7-8H,1-3,6H2. The fourth-order valence-electron chi connectivity index (χ4n) is 1.90. The molecule has 0 amide bonds. The molecule has 1 aliphatic rings. The zero-order chi connectivity index (χ0) is 11.5. The Morgan fingerprint density at radius 2 is 2.12 bits per heavy atom. The third kappa shape index (κ3) is 2.24. The summed E-state index contributed by atoms with van der Waals surface area (Å²) >= 11 is 3.12. The number of ketones is 1. The van der Waals surface area contributed by atoms with Gasteiger partial charge in [0.1, 0.15) is 5.82 Å². The maximum atomic E-state index is 13.3. The van der Waals surface area contributed by atoms with Gasteiger partial charge in [0, 0.05) is 5.56 Å². The number of Topliss-reactive ketones (excluding diaryl/α,β-unsaturated/α-hetero) is 1. The summed E-state index contributed by atoms with van der Waals surface area (Å²) in [4.78, 5) is 12.1. The average molecular weight is 283 g/mol. The number of allylic oxidation sites excluding steroid dienone is 2. The second kappa shape index (κ2) is 4.91. The van der Waals surface area contributed by atoms with Gasteiger partial charge in [-0.05, 0) is 59.3 Å². The molecule has 0 heterocycles. The molecule has 0 radical (unpaired) electrons. The van der Waals surface area contributed by atoms with Crippen LogP contribution in [-0.4, -0.2) is 5.78 Å². The minimum absolute atomic E-state index is 0.0499. The predicted octanol–water partition coefficient (Wildman–Crippen LogP) is 4.27. The molecule has 1 aromatic carbocycles. The molecule has 3 heteroatoms. The molecular formula is C13H12BrFO. The average Bonchev–Trinajstić information content (AvgIpc) is 2.33. The summed E-state index contributed by atoms with van der Waals surface area (Å²) in [7, 11) is 0. The van der Waals surface area contributed by atoms with Crippen molar-refractivity contribution in [2.24, 2.45) is 0 Å². The van der Waals surface area contributed by atoms with Gasteiger partial charge in [-0.1, -0.05) is 12.1 Å². The van der Waals surface area contributed by atoms with E-state index in [1.807, 2.05) is 6.08 Å². The van der Waals surface area contributed by atoms with Gasteiger partial charge < -0.3 is 0 Å². The monoisotopic (exact) mass is 282 g/mol. The van der Waals surface area contributed by atoms with Gasteiger partial charge in [-0.25, -0.2) is 4.39 Å². The van der Waals surface area contributed by atoms with E-state index in [9.17, 15) is 9.18 Å². The van der Waals surface area contributed by atoms with E-state index in [-0.39, 0.29) is 16.1 Å². The summed E-state index contributed by atoms with van der Waals surface area (Å²) in [5.74, 6) is -0.437. The smallest absolute Gasteiger partial charge is 0.189 e. The Morgan fingerprint density at radius 3 is 2.81 bits per heavy atom. The van der Waals surface area contributed by atoms with Crippen LogP contribution in [0.1, 0.15) is 36.0 Å². The fourth-order valence-corrected chi connectivity index (χ4v) is 2.34. The molecule has 0 bridgehead atoms. The van der Waals surface area contributed by atoms with E-state index < -0.39 is 0 Å². The van der Waals surface area contributed by atoms with Crippen LogP contribution >= 0.6 is 15.9 Å². The van der Waals surface area contributed by atoms with Gasteiger partial charge in [-0.15, -0.1) is 0 Å². The Hall–Kier alpha value is -0.960. The Balaban J connectivity index is 2.33. The van der Waals surface area contributed by atoms with Gasteiger partial charge in [0.15, 0.2) is 5.78 Å². The van der Waals surface area contributed by atoms with Crippen LogP contribution in [0.5, 0.6) is 0 Å². The summed E-state index contributed by atoms with van der Waals surface area (Å²) in [5.41, 5.74) is 1.24. The lowest BCUT2D eigenvalue weighted by molar-refractivity contribution is 0.102. The summed E-state index contributed by atoms with van der Waals surface area (Å²) in [6, 6.07) is 4.57. The number of benzene rings is 1. The summed E-state index contributed by atoms with van der Waals surface area (Å²) in [5, 5.41) is 0. The van der Waals surface area contributed by atoms with E-state index in [2.05, 4.69) is 15.9 Å². The van der Waals surface area contributed by atoms with Crippen molar-refractivity contribution >= 4 is 21.7 Å². The van der Waals surface area contributed by atoms with Crippen molar-refractivity contribution in [1.82, 2.24) is 0 Å². The Kier molecular flexibility index (Phi) is 3.54. The van der Waals surface area contributed by atoms with E-state index in [1.54, 1.807) is 12.1 Å². The highest BCUT2D eigenvalue weighted by Crippen LogP contribution is 2.26. The van der Waals surface area contributed by atoms with Crippen molar-refractivity contribution in [2.75, 3.05) is 0 Å². The highest BCUT2D eigenvalue weighted by atomic mass is 79.9. The maximum absolute atomic E-state index is 13.3. The maximum Gasteiger partial charge on any atom is 0.189 e. The molecule has 0 unspecified atom stereocenters. The first-order valence-corrected chi connectivity index (χ1v) is 6.17. The lowest BCUT2D eigenvalue weighted by atomic mass is 9.93. The fraction of sp³-hybridized carbons (Fsp3) is 0.308. The van der Waals surface area contributed by atoms with Crippen LogP contribution in [0, 0.1) is 5.82 Å². The zero-order valence-electron chi connectivity index (χ0n) is 8.80. The molecule has 1 aromatic rings. The summed E-state index contributed by atoms with van der Waals surface area (Å²) < 4.78 is 13.6. The molecule has 0 aromatic heterocycles. The van der Waals surface area contributed by atoms with Gasteiger partial charge in [-0.2, -0.15) is 0 Å². The molecule has 0 atom stereocenters. The van der Waals surface area contributed by atoms with Gasteiger partial charge in [0.2, 0.25) is 0 Å². The lowest BCUT2D eigenvalue weighted by Crippen LogP contribution is -2.07. The second-order valence-electron chi connectivity index (χ2n) is 3.91. The lowest BCUT2D eigenvalue weighted by Gasteiger charge is -2.12. The Morgan fingerprint density at radius 1 is 1.31 bits per heavy atom. The van der Waals surface area contributed by atoms with E-state index in [0.29, 0.717) is 5.56 Å². The molecule has 1 aliphatic carbocycles. The van der Waals surface area contributed by atoms with Crippen LogP contribution in [0.2, 0.25) is 0 Å². The number of rotatable bonds is 2. The van der Waals surface area contributed by atoms with Crippen molar-refractivity contribution in [1.29, 1.82) is 0 Å². The van der Waals surface area contributed by atoms with Crippen molar-refractivity contribution < 1.29 is 9.18 Å². The van der Waals surface area contributed by atoms with Crippen LogP contribution in [-0.2, 0) is 0 Å². The Labute approximate surface area is 102 Å². The number of carbonyl (C=O) groups excluding carboxylic acids is 1. The second-order valence-corrected chi connectivity index (χ2v) is 4.70. The molecule has 0 N–H and O–H groups in total. The third-order valence-electron chi connectivity index (χ3n) is 2.78. The third-order valence-corrected chi connectivity index (χ3v) is 3.58. The number of hydrogen-bond acceptors (Lipinski definition) is 1. The van der Waals surface area contributed by atoms with E-state index in [1.165, 1.54) is 6.07 Å². The van der Waals surface area contributed by atoms with Gasteiger partial charge in [0.25, 0.3) is 0 Å². The van der Waals surface area contributed by atoms with Crippen molar-refractivity contribution in [2.45, 2.75) is 25.7 Å². The number of halogens is 2. The van der Waals surface area contributed by atoms with E-state index >= 15 is 0 Å². The summed E-state index contributed by atoms with van der Waals surface area (Å²) in [6.45, 7) is 0.